The van der Waals surface area contributed by atoms with Crippen LogP contribution in [0.3, 0.4) is 0 Å². The molecule has 0 aliphatic heterocycles. The van der Waals surface area contributed by atoms with Crippen molar-refractivity contribution >= 4 is 32.9 Å². The van der Waals surface area contributed by atoms with Crippen molar-refractivity contribution in [2.45, 2.75) is 49.6 Å². The van der Waals surface area contributed by atoms with Crippen molar-refractivity contribution < 1.29 is 22.7 Å². The first-order chi connectivity index (χ1) is 19.2. The first-order valence-electron chi connectivity index (χ1n) is 13.3. The fraction of sp³-hybridized carbons (Fsp3) is 0.300. The summed E-state index contributed by atoms with van der Waals surface area (Å²) < 4.78 is 34.0. The average Bonchev–Trinajstić information content (AvgIpc) is 3.41. The molecule has 1 heterocycles. The number of esters is 1. The average molecular weight is 561 g/mol. The van der Waals surface area contributed by atoms with Crippen LogP contribution in [0.5, 0.6) is 0 Å². The summed E-state index contributed by atoms with van der Waals surface area (Å²) in [7, 11) is -2.44. The number of hydrogen-bond donors (Lipinski definition) is 3. The molecule has 4 aromatic rings. The molecule has 1 aliphatic rings. The van der Waals surface area contributed by atoms with Crippen LogP contribution in [0, 0.1) is 5.92 Å². The minimum absolute atomic E-state index is 0.0121. The van der Waals surface area contributed by atoms with Gasteiger partial charge in [-0.05, 0) is 68.5 Å². The lowest BCUT2D eigenvalue weighted by Gasteiger charge is -2.29. The van der Waals surface area contributed by atoms with E-state index >= 15 is 0 Å². The highest BCUT2D eigenvalue weighted by Gasteiger charge is 2.30. The smallest absolute Gasteiger partial charge is 0.337 e. The number of H-pyrrole nitrogens is 1. The van der Waals surface area contributed by atoms with Gasteiger partial charge in [0.25, 0.3) is 0 Å². The number of nitrogens with zero attached hydrogens (tertiary/aromatic N) is 1. The number of fused-ring (bicyclic) bond motifs is 1. The number of aromatic nitrogens is 2. The zero-order chi connectivity index (χ0) is 28.3. The van der Waals surface area contributed by atoms with Crippen LogP contribution in [0.25, 0.3) is 22.4 Å². The number of benzene rings is 3. The lowest BCUT2D eigenvalue weighted by molar-refractivity contribution is -0.126. The molecule has 9 nitrogen and oxygen atoms in total. The molecule has 5 rings (SSSR count). The SMILES string of the molecule is COC(=O)c1ccc(-c2nc3ccc(S(=O)(=O)NC4CCC(C(=O)N[C@H](C)c5ccccc5)CC4)cc3[nH]2)cc1. The predicted molar refractivity (Wildman–Crippen MR) is 152 cm³/mol. The van der Waals surface area contributed by atoms with Gasteiger partial charge in [-0.25, -0.2) is 22.9 Å². The Bertz CT molecular complexity index is 1610. The van der Waals surface area contributed by atoms with Crippen LogP contribution in [0.1, 0.15) is 54.6 Å². The Labute approximate surface area is 233 Å². The van der Waals surface area contributed by atoms with Crippen LogP contribution in [-0.2, 0) is 19.6 Å². The van der Waals surface area contributed by atoms with E-state index < -0.39 is 16.0 Å². The first kappa shape index (κ1) is 27.5. The number of hydrogen-bond acceptors (Lipinski definition) is 6. The number of carbonyl (C=O) groups is 2. The van der Waals surface area contributed by atoms with Crippen molar-refractivity contribution in [1.29, 1.82) is 0 Å². The number of ether oxygens (including phenoxy) is 1. The second-order valence-electron chi connectivity index (χ2n) is 10.1. The van der Waals surface area contributed by atoms with Crippen molar-refractivity contribution in [2.24, 2.45) is 5.92 Å². The van der Waals surface area contributed by atoms with Gasteiger partial charge in [0.15, 0.2) is 0 Å². The molecule has 1 saturated carbocycles. The third-order valence-electron chi connectivity index (χ3n) is 7.42. The summed E-state index contributed by atoms with van der Waals surface area (Å²) in [6.45, 7) is 1.97. The van der Waals surface area contributed by atoms with Gasteiger partial charge in [-0.1, -0.05) is 42.5 Å². The van der Waals surface area contributed by atoms with Crippen molar-refractivity contribution in [1.82, 2.24) is 20.0 Å². The molecule has 3 N–H and O–H groups in total. The van der Waals surface area contributed by atoms with E-state index in [1.807, 2.05) is 37.3 Å². The Kier molecular flexibility index (Phi) is 7.99. The lowest BCUT2D eigenvalue weighted by atomic mass is 9.85. The minimum Gasteiger partial charge on any atom is -0.465 e. The van der Waals surface area contributed by atoms with Gasteiger partial charge in [0, 0.05) is 17.5 Å². The number of carbonyl (C=O) groups excluding carboxylic acids is 2. The zero-order valence-electron chi connectivity index (χ0n) is 22.4. The third-order valence-corrected chi connectivity index (χ3v) is 8.94. The molecule has 1 aromatic heterocycles. The van der Waals surface area contributed by atoms with Crippen LogP contribution in [0.2, 0.25) is 0 Å². The van der Waals surface area contributed by atoms with Gasteiger partial charge < -0.3 is 15.0 Å². The van der Waals surface area contributed by atoms with E-state index in [1.165, 1.54) is 7.11 Å². The summed E-state index contributed by atoms with van der Waals surface area (Å²) in [5.41, 5.74) is 3.45. The van der Waals surface area contributed by atoms with Crippen LogP contribution < -0.4 is 10.0 Å². The van der Waals surface area contributed by atoms with Gasteiger partial charge in [0.1, 0.15) is 5.82 Å². The molecular formula is C30H32N4O5S. The highest BCUT2D eigenvalue weighted by atomic mass is 32.2. The second kappa shape index (κ2) is 11.6. The number of aromatic amines is 1. The maximum Gasteiger partial charge on any atom is 0.337 e. The summed E-state index contributed by atoms with van der Waals surface area (Å²) in [4.78, 5) is 32.4. The van der Waals surface area contributed by atoms with Crippen molar-refractivity contribution in [3.8, 4) is 11.4 Å². The monoisotopic (exact) mass is 560 g/mol. The number of amides is 1. The van der Waals surface area contributed by atoms with E-state index in [1.54, 1.807) is 42.5 Å². The summed E-state index contributed by atoms with van der Waals surface area (Å²) in [6, 6.07) is 21.1. The van der Waals surface area contributed by atoms with Crippen LogP contribution in [0.15, 0.2) is 77.7 Å². The molecule has 1 aliphatic carbocycles. The fourth-order valence-electron chi connectivity index (χ4n) is 5.09. The molecule has 1 atom stereocenters. The summed E-state index contributed by atoms with van der Waals surface area (Å²) in [5, 5.41) is 3.09. The fourth-order valence-corrected chi connectivity index (χ4v) is 6.42. The minimum atomic E-state index is -3.77. The molecule has 0 bridgehead atoms. The lowest BCUT2D eigenvalue weighted by Crippen LogP contribution is -2.41. The number of nitrogens with one attached hydrogen (secondary N) is 3. The molecule has 0 spiro atoms. The summed E-state index contributed by atoms with van der Waals surface area (Å²) >= 11 is 0. The Morgan fingerprint density at radius 2 is 1.68 bits per heavy atom. The van der Waals surface area contributed by atoms with Crippen LogP contribution >= 0.6 is 0 Å². The molecule has 10 heteroatoms. The van der Waals surface area contributed by atoms with Gasteiger partial charge in [-0.2, -0.15) is 0 Å². The first-order valence-corrected chi connectivity index (χ1v) is 14.8. The summed E-state index contributed by atoms with van der Waals surface area (Å²) in [5.74, 6) is 0.0199. The second-order valence-corrected chi connectivity index (χ2v) is 11.9. The Balaban J connectivity index is 1.20. The molecular weight excluding hydrogens is 528 g/mol. The largest absolute Gasteiger partial charge is 0.465 e. The van der Waals surface area contributed by atoms with E-state index in [0.29, 0.717) is 48.1 Å². The number of imidazole rings is 1. The van der Waals surface area contributed by atoms with Crippen LogP contribution in [0.4, 0.5) is 0 Å². The van der Waals surface area contributed by atoms with Crippen molar-refractivity contribution in [3.63, 3.8) is 0 Å². The maximum absolute atomic E-state index is 13.2. The molecule has 0 unspecified atom stereocenters. The van der Waals surface area contributed by atoms with E-state index in [2.05, 4.69) is 20.0 Å². The van der Waals surface area contributed by atoms with E-state index in [-0.39, 0.29) is 28.8 Å². The van der Waals surface area contributed by atoms with Gasteiger partial charge in [-0.3, -0.25) is 4.79 Å². The molecule has 40 heavy (non-hydrogen) atoms. The number of methoxy groups -OCH3 is 1. The summed E-state index contributed by atoms with van der Waals surface area (Å²) in [6.07, 6.45) is 2.43. The molecule has 1 fully saturated rings. The normalized spacial score (nSPS) is 18.2. The van der Waals surface area contributed by atoms with E-state index in [4.69, 9.17) is 4.74 Å². The van der Waals surface area contributed by atoms with Crippen molar-refractivity contribution in [3.05, 3.63) is 83.9 Å². The molecule has 208 valence electrons. The molecule has 0 radical (unpaired) electrons. The quantitative estimate of drug-likeness (QED) is 0.267. The molecule has 1 amide bonds. The standard InChI is InChI=1S/C30H32N4O5S/c1-19(20-6-4-3-5-7-20)31-29(35)22-12-14-24(15-13-22)34-40(37,38)25-16-17-26-27(18-25)33-28(32-26)21-8-10-23(11-9-21)30(36)39-2/h3-11,16-19,22,24,34H,12-15H2,1-2H3,(H,31,35)(H,32,33)/t19-,22?,24?/m1/s1. The van der Waals surface area contributed by atoms with Gasteiger partial charge in [-0.15, -0.1) is 0 Å². The Hall–Kier alpha value is -4.02. The third kappa shape index (κ3) is 6.08. The van der Waals surface area contributed by atoms with E-state index in [0.717, 1.165) is 11.1 Å². The number of rotatable bonds is 8. The zero-order valence-corrected chi connectivity index (χ0v) is 23.2. The Morgan fingerprint density at radius 3 is 2.35 bits per heavy atom. The highest BCUT2D eigenvalue weighted by molar-refractivity contribution is 7.89. The van der Waals surface area contributed by atoms with Gasteiger partial charge >= 0.3 is 5.97 Å². The van der Waals surface area contributed by atoms with Gasteiger partial charge in [0.05, 0.1) is 34.6 Å². The topological polar surface area (TPSA) is 130 Å². The number of sulfonamides is 1. The van der Waals surface area contributed by atoms with E-state index in [9.17, 15) is 18.0 Å². The van der Waals surface area contributed by atoms with Crippen molar-refractivity contribution in [2.75, 3.05) is 7.11 Å². The predicted octanol–water partition coefficient (Wildman–Crippen LogP) is 4.73. The van der Waals surface area contributed by atoms with Crippen LogP contribution in [-0.4, -0.2) is 43.4 Å². The molecule has 3 aromatic carbocycles. The highest BCUT2D eigenvalue weighted by Crippen LogP contribution is 2.28. The Morgan fingerprint density at radius 1 is 0.975 bits per heavy atom. The molecule has 0 saturated heterocycles. The van der Waals surface area contributed by atoms with Gasteiger partial charge in [0.2, 0.25) is 15.9 Å². The maximum atomic E-state index is 13.2.